The highest BCUT2D eigenvalue weighted by Crippen LogP contribution is 2.29. The molecule has 2 aromatic carbocycles. The average molecular weight is 611 g/mol. The summed E-state index contributed by atoms with van der Waals surface area (Å²) in [7, 11) is -2.08. The molecule has 230 valence electrons. The van der Waals surface area contributed by atoms with Gasteiger partial charge < -0.3 is 28.5 Å². The first-order valence-electron chi connectivity index (χ1n) is 14.7. The second-order valence-electron chi connectivity index (χ2n) is 11.1. The molecule has 0 radical (unpaired) electrons. The van der Waals surface area contributed by atoms with Crippen LogP contribution >= 0.6 is 0 Å². The van der Waals surface area contributed by atoms with Gasteiger partial charge in [-0.2, -0.15) is 13.4 Å². The number of hydrogen-bond acceptors (Lipinski definition) is 10. The Balaban J connectivity index is 1.04. The van der Waals surface area contributed by atoms with E-state index in [0.29, 0.717) is 29.4 Å². The van der Waals surface area contributed by atoms with Crippen molar-refractivity contribution in [3.63, 3.8) is 0 Å². The smallest absolute Gasteiger partial charge is 0.295 e. The lowest BCUT2D eigenvalue weighted by molar-refractivity contribution is 0.0254. The number of sulfonamides is 1. The molecule has 0 bridgehead atoms. The summed E-state index contributed by atoms with van der Waals surface area (Å²) in [5.41, 5.74) is 2.71. The fourth-order valence-corrected chi connectivity index (χ4v) is 6.51. The van der Waals surface area contributed by atoms with E-state index in [9.17, 15) is 8.42 Å². The van der Waals surface area contributed by atoms with Crippen LogP contribution in [0.2, 0.25) is 0 Å². The summed E-state index contributed by atoms with van der Waals surface area (Å²) in [5.74, 6) is 1.69. The van der Waals surface area contributed by atoms with Crippen molar-refractivity contribution in [3.05, 3.63) is 54.5 Å². The fourth-order valence-electron chi connectivity index (χ4n) is 5.48. The molecule has 2 fully saturated rings. The molecule has 2 N–H and O–H groups in total. The zero-order valence-electron chi connectivity index (χ0n) is 24.5. The zero-order chi connectivity index (χ0) is 29.8. The Kier molecular flexibility index (Phi) is 8.73. The van der Waals surface area contributed by atoms with Crippen molar-refractivity contribution in [2.45, 2.75) is 56.3 Å². The number of anilines is 2. The molecule has 2 aliphatic heterocycles. The molecule has 2 aromatic heterocycles. The number of aryl methyl sites for hydroxylation is 1. The van der Waals surface area contributed by atoms with E-state index in [1.54, 1.807) is 29.8 Å². The van der Waals surface area contributed by atoms with Crippen molar-refractivity contribution in [1.29, 1.82) is 0 Å². The average Bonchev–Trinajstić information content (AvgIpc) is 3.60. The molecule has 12 nitrogen and oxygen atoms in total. The summed E-state index contributed by atoms with van der Waals surface area (Å²) in [6.07, 6.45) is 6.74. The molecule has 6 rings (SSSR count). The Morgan fingerprint density at radius 3 is 2.58 bits per heavy atom. The van der Waals surface area contributed by atoms with Crippen molar-refractivity contribution in [2.75, 3.05) is 42.9 Å². The Bertz CT molecular complexity index is 1640. The van der Waals surface area contributed by atoms with Crippen molar-refractivity contribution in [1.82, 2.24) is 19.4 Å². The van der Waals surface area contributed by atoms with E-state index in [1.807, 2.05) is 13.0 Å². The Labute approximate surface area is 251 Å². The van der Waals surface area contributed by atoms with E-state index in [2.05, 4.69) is 37.0 Å². The van der Waals surface area contributed by atoms with Crippen LogP contribution in [0.25, 0.3) is 11.1 Å². The molecule has 0 saturated carbocycles. The number of nitrogens with one attached hydrogen (secondary N) is 2. The molecule has 13 heteroatoms. The number of likely N-dealkylation sites (tertiary alicyclic amines) is 1. The molecule has 4 aromatic rings. The predicted molar refractivity (Wildman–Crippen MR) is 162 cm³/mol. The van der Waals surface area contributed by atoms with E-state index < -0.39 is 10.0 Å². The van der Waals surface area contributed by atoms with Gasteiger partial charge in [0.15, 0.2) is 10.6 Å². The number of benzene rings is 2. The highest BCUT2D eigenvalue weighted by atomic mass is 32.2. The number of ether oxygens (including phenoxy) is 3. The maximum absolute atomic E-state index is 12.6. The monoisotopic (exact) mass is 610 g/mol. The summed E-state index contributed by atoms with van der Waals surface area (Å²) in [6.45, 7) is 6.74. The number of imidazole rings is 1. The van der Waals surface area contributed by atoms with Gasteiger partial charge in [-0.05, 0) is 55.7 Å². The highest BCUT2D eigenvalue weighted by Gasteiger charge is 2.23. The van der Waals surface area contributed by atoms with Gasteiger partial charge >= 0.3 is 0 Å². The van der Waals surface area contributed by atoms with Crippen LogP contribution in [0.4, 0.5) is 11.7 Å². The van der Waals surface area contributed by atoms with Crippen LogP contribution in [-0.4, -0.2) is 72.9 Å². The lowest BCUT2D eigenvalue weighted by atomic mass is 10.0. The Hall–Kier alpha value is -3.81. The lowest BCUT2D eigenvalue weighted by Gasteiger charge is -2.32. The third-order valence-electron chi connectivity index (χ3n) is 7.64. The third kappa shape index (κ3) is 7.40. The molecular weight excluding hydrogens is 572 g/mol. The van der Waals surface area contributed by atoms with Crippen LogP contribution in [0.1, 0.15) is 38.2 Å². The van der Waals surface area contributed by atoms with Gasteiger partial charge in [-0.15, -0.1) is 0 Å². The standard InChI is InChI=1S/C30H38N6O6S/c1-3-40-25-14-21(15-26(17-25)41-24-8-12-39-13-9-24)18-36-10-6-22(7-11-36)32-30-33-27-16-23(4-5-28(27)42-30)34-43(37,38)29-19-35(2)20-31-29/h4-5,14-17,19-20,22,24,34H,3,6-13,18H2,1-2H3,(H,32,33). The zero-order valence-corrected chi connectivity index (χ0v) is 25.3. The number of aromatic nitrogens is 3. The molecule has 4 heterocycles. The quantitative estimate of drug-likeness (QED) is 0.252. The van der Waals surface area contributed by atoms with Gasteiger partial charge in [-0.25, -0.2) is 4.98 Å². The molecule has 2 aliphatic rings. The molecule has 0 unspecified atom stereocenters. The first kappa shape index (κ1) is 29.3. The maximum Gasteiger partial charge on any atom is 0.295 e. The Morgan fingerprint density at radius 1 is 1.05 bits per heavy atom. The predicted octanol–water partition coefficient (Wildman–Crippen LogP) is 4.40. The van der Waals surface area contributed by atoms with E-state index >= 15 is 0 Å². The third-order valence-corrected chi connectivity index (χ3v) is 8.91. The molecule has 0 amide bonds. The molecular formula is C30H38N6O6S. The minimum atomic E-state index is -3.80. The van der Waals surface area contributed by atoms with Crippen LogP contribution < -0.4 is 19.5 Å². The number of piperidine rings is 1. The number of nitrogens with zero attached hydrogens (tertiary/aromatic N) is 4. The summed E-state index contributed by atoms with van der Waals surface area (Å²) < 4.78 is 52.9. The Morgan fingerprint density at radius 2 is 1.84 bits per heavy atom. The molecule has 2 saturated heterocycles. The van der Waals surface area contributed by atoms with E-state index in [-0.39, 0.29) is 17.2 Å². The largest absolute Gasteiger partial charge is 0.494 e. The molecule has 0 atom stereocenters. The summed E-state index contributed by atoms with van der Waals surface area (Å²) in [5, 5.41) is 3.38. The van der Waals surface area contributed by atoms with Crippen LogP contribution in [0.15, 0.2) is 58.4 Å². The van der Waals surface area contributed by atoms with Gasteiger partial charge in [0.1, 0.15) is 23.1 Å². The second-order valence-corrected chi connectivity index (χ2v) is 12.7. The van der Waals surface area contributed by atoms with Crippen LogP contribution in [0.5, 0.6) is 11.5 Å². The van der Waals surface area contributed by atoms with Gasteiger partial charge in [0.05, 0.1) is 31.8 Å². The van der Waals surface area contributed by atoms with Crippen molar-refractivity contribution in [2.24, 2.45) is 7.05 Å². The van der Waals surface area contributed by atoms with E-state index in [4.69, 9.17) is 18.6 Å². The summed E-state index contributed by atoms with van der Waals surface area (Å²) in [4.78, 5) is 10.9. The van der Waals surface area contributed by atoms with Gasteiger partial charge in [-0.1, -0.05) is 0 Å². The number of hydrogen-bond donors (Lipinski definition) is 2. The second kappa shape index (κ2) is 12.8. The van der Waals surface area contributed by atoms with Gasteiger partial charge in [0, 0.05) is 57.8 Å². The minimum Gasteiger partial charge on any atom is -0.494 e. The number of oxazole rings is 1. The molecule has 43 heavy (non-hydrogen) atoms. The number of rotatable bonds is 11. The van der Waals surface area contributed by atoms with Gasteiger partial charge in [0.25, 0.3) is 16.0 Å². The number of fused-ring (bicyclic) bond motifs is 1. The highest BCUT2D eigenvalue weighted by molar-refractivity contribution is 7.92. The SMILES string of the molecule is CCOc1cc(CN2CCC(Nc3nc4cc(NS(=O)(=O)c5cn(C)cn5)ccc4o3)CC2)cc(OC2CCOCC2)c1. The first-order chi connectivity index (χ1) is 20.8. The van der Waals surface area contributed by atoms with Crippen LogP contribution in [0.3, 0.4) is 0 Å². The minimum absolute atomic E-state index is 0.0466. The fraction of sp³-hybridized carbons (Fsp3) is 0.467. The lowest BCUT2D eigenvalue weighted by Crippen LogP contribution is -2.38. The van der Waals surface area contributed by atoms with Gasteiger partial charge in [-0.3, -0.25) is 9.62 Å². The summed E-state index contributed by atoms with van der Waals surface area (Å²) >= 11 is 0. The van der Waals surface area contributed by atoms with Crippen LogP contribution in [-0.2, 0) is 28.4 Å². The van der Waals surface area contributed by atoms with Crippen molar-refractivity contribution < 1.29 is 27.0 Å². The van der Waals surface area contributed by atoms with E-state index in [0.717, 1.165) is 70.0 Å². The molecule has 0 aliphatic carbocycles. The van der Waals surface area contributed by atoms with Crippen molar-refractivity contribution >= 4 is 32.8 Å². The maximum atomic E-state index is 12.6. The summed E-state index contributed by atoms with van der Waals surface area (Å²) in [6, 6.07) is 11.9. The normalized spacial score (nSPS) is 17.3. The van der Waals surface area contributed by atoms with Gasteiger partial charge in [0.2, 0.25) is 0 Å². The van der Waals surface area contributed by atoms with Crippen LogP contribution in [0, 0.1) is 0 Å². The topological polar surface area (TPSA) is 133 Å². The van der Waals surface area contributed by atoms with E-state index in [1.165, 1.54) is 18.1 Å². The first-order valence-corrected chi connectivity index (χ1v) is 16.2. The van der Waals surface area contributed by atoms with Crippen molar-refractivity contribution in [3.8, 4) is 11.5 Å². The molecule has 0 spiro atoms.